The fourth-order valence-corrected chi connectivity index (χ4v) is 1.87. The van der Waals surface area contributed by atoms with E-state index in [1.807, 2.05) is 24.6 Å². The highest BCUT2D eigenvalue weighted by Crippen LogP contribution is 2.20. The predicted molar refractivity (Wildman–Crippen MR) is 65.4 cm³/mol. The summed E-state index contributed by atoms with van der Waals surface area (Å²) in [4.78, 5) is 11.9. The van der Waals surface area contributed by atoms with Gasteiger partial charge in [-0.05, 0) is 25.3 Å². The number of hydrogen-bond donors (Lipinski definition) is 0. The monoisotopic (exact) mass is 222 g/mol. The van der Waals surface area contributed by atoms with E-state index in [1.165, 1.54) is 0 Å². The van der Waals surface area contributed by atoms with E-state index in [1.54, 1.807) is 0 Å². The second-order valence-electron chi connectivity index (χ2n) is 5.55. The van der Waals surface area contributed by atoms with Gasteiger partial charge < -0.3 is 0 Å². The number of nitrogens with zero attached hydrogens (tertiary/aromatic N) is 2. The van der Waals surface area contributed by atoms with Crippen LogP contribution in [0.15, 0.2) is 6.07 Å². The van der Waals surface area contributed by atoms with Crippen LogP contribution in [0.4, 0.5) is 0 Å². The molecule has 0 unspecified atom stereocenters. The molecular formula is C13H22N2O. The van der Waals surface area contributed by atoms with Crippen LogP contribution in [-0.2, 0) is 17.8 Å². The van der Waals surface area contributed by atoms with Crippen LogP contribution in [0.5, 0.6) is 0 Å². The number of ketones is 1. The van der Waals surface area contributed by atoms with Gasteiger partial charge in [0.1, 0.15) is 5.78 Å². The van der Waals surface area contributed by atoms with Gasteiger partial charge in [-0.15, -0.1) is 0 Å². The third-order valence-electron chi connectivity index (χ3n) is 2.39. The van der Waals surface area contributed by atoms with Crippen LogP contribution < -0.4 is 0 Å². The molecule has 0 atom stereocenters. The molecule has 0 spiro atoms. The van der Waals surface area contributed by atoms with Crippen molar-refractivity contribution < 1.29 is 4.79 Å². The summed E-state index contributed by atoms with van der Waals surface area (Å²) in [6.07, 6.45) is 1.13. The lowest BCUT2D eigenvalue weighted by molar-refractivity contribution is -0.120. The number of carbonyl (C=O) groups is 1. The van der Waals surface area contributed by atoms with Gasteiger partial charge in [0.2, 0.25) is 0 Å². The molecule has 0 aliphatic carbocycles. The molecule has 3 nitrogen and oxygen atoms in total. The van der Waals surface area contributed by atoms with Crippen LogP contribution in [-0.4, -0.2) is 15.6 Å². The quantitative estimate of drug-likeness (QED) is 0.785. The number of hydrogen-bond acceptors (Lipinski definition) is 2. The topological polar surface area (TPSA) is 34.9 Å². The van der Waals surface area contributed by atoms with Gasteiger partial charge in [0.25, 0.3) is 0 Å². The van der Waals surface area contributed by atoms with Crippen LogP contribution in [0, 0.1) is 12.3 Å². The molecule has 0 saturated heterocycles. The van der Waals surface area contributed by atoms with Crippen LogP contribution in [0.25, 0.3) is 0 Å². The second-order valence-corrected chi connectivity index (χ2v) is 5.55. The van der Waals surface area contributed by atoms with E-state index in [0.717, 1.165) is 17.9 Å². The molecule has 0 radical (unpaired) electrons. The Labute approximate surface area is 97.8 Å². The first-order valence-electron chi connectivity index (χ1n) is 5.87. The van der Waals surface area contributed by atoms with E-state index in [2.05, 4.69) is 25.9 Å². The number of aryl methyl sites for hydroxylation is 2. The van der Waals surface area contributed by atoms with Gasteiger partial charge in [-0.3, -0.25) is 9.48 Å². The fourth-order valence-electron chi connectivity index (χ4n) is 1.87. The van der Waals surface area contributed by atoms with E-state index >= 15 is 0 Å². The van der Waals surface area contributed by atoms with Crippen molar-refractivity contribution in [2.75, 3.05) is 0 Å². The first-order valence-corrected chi connectivity index (χ1v) is 5.87. The van der Waals surface area contributed by atoms with Gasteiger partial charge in [-0.25, -0.2) is 0 Å². The van der Waals surface area contributed by atoms with Crippen LogP contribution in [0.3, 0.4) is 0 Å². The summed E-state index contributed by atoms with van der Waals surface area (Å²) < 4.78 is 1.91. The van der Waals surface area contributed by atoms with Gasteiger partial charge in [-0.2, -0.15) is 5.10 Å². The van der Waals surface area contributed by atoms with E-state index in [-0.39, 0.29) is 5.41 Å². The lowest BCUT2D eigenvalue weighted by atomic mass is 9.89. The highest BCUT2D eigenvalue weighted by molar-refractivity contribution is 5.81. The molecule has 0 saturated carbocycles. The van der Waals surface area contributed by atoms with Crippen LogP contribution >= 0.6 is 0 Å². The zero-order chi connectivity index (χ0) is 12.3. The van der Waals surface area contributed by atoms with Crippen molar-refractivity contribution >= 4 is 5.78 Å². The maximum atomic E-state index is 11.9. The van der Waals surface area contributed by atoms with Gasteiger partial charge in [0, 0.05) is 25.1 Å². The van der Waals surface area contributed by atoms with Crippen molar-refractivity contribution in [1.82, 2.24) is 9.78 Å². The summed E-state index contributed by atoms with van der Waals surface area (Å²) in [5.74, 6) is 0.294. The molecule has 0 fully saturated rings. The summed E-state index contributed by atoms with van der Waals surface area (Å²) in [7, 11) is 0. The summed E-state index contributed by atoms with van der Waals surface area (Å²) in [6, 6.07) is 2.00. The third-order valence-corrected chi connectivity index (χ3v) is 2.39. The van der Waals surface area contributed by atoms with E-state index in [0.29, 0.717) is 18.6 Å². The van der Waals surface area contributed by atoms with Gasteiger partial charge in [-0.1, -0.05) is 20.8 Å². The SMILES string of the molecule is CCn1nc(C)cc1CC(=O)CC(C)(C)C. The molecule has 0 amide bonds. The number of Topliss-reactive ketones (excluding diaryl/α,β-unsaturated/α-hetero) is 1. The van der Waals surface area contributed by atoms with Crippen molar-refractivity contribution in [3.05, 3.63) is 17.5 Å². The number of aromatic nitrogens is 2. The smallest absolute Gasteiger partial charge is 0.139 e. The minimum Gasteiger partial charge on any atom is -0.299 e. The van der Waals surface area contributed by atoms with Gasteiger partial charge in [0.15, 0.2) is 0 Å². The minimum absolute atomic E-state index is 0.0726. The minimum atomic E-state index is 0.0726. The molecule has 0 aromatic carbocycles. The Morgan fingerprint density at radius 1 is 1.44 bits per heavy atom. The Bertz CT molecular complexity index is 372. The summed E-state index contributed by atoms with van der Waals surface area (Å²) in [6.45, 7) is 11.1. The molecule has 1 rings (SSSR count). The van der Waals surface area contributed by atoms with Crippen molar-refractivity contribution in [3.8, 4) is 0 Å². The van der Waals surface area contributed by atoms with E-state index in [4.69, 9.17) is 0 Å². The third kappa shape index (κ3) is 3.80. The highest BCUT2D eigenvalue weighted by atomic mass is 16.1. The van der Waals surface area contributed by atoms with Crippen molar-refractivity contribution in [1.29, 1.82) is 0 Å². The van der Waals surface area contributed by atoms with E-state index < -0.39 is 0 Å². The Morgan fingerprint density at radius 3 is 2.56 bits per heavy atom. The first-order chi connectivity index (χ1) is 7.31. The molecule has 0 aliphatic heterocycles. The second kappa shape index (κ2) is 4.81. The fraction of sp³-hybridized carbons (Fsp3) is 0.692. The Kier molecular flexibility index (Phi) is 3.89. The lowest BCUT2D eigenvalue weighted by Gasteiger charge is -2.16. The van der Waals surface area contributed by atoms with Gasteiger partial charge in [0.05, 0.1) is 5.69 Å². The Morgan fingerprint density at radius 2 is 2.06 bits per heavy atom. The summed E-state index contributed by atoms with van der Waals surface area (Å²) in [5.41, 5.74) is 2.10. The average molecular weight is 222 g/mol. The molecule has 3 heteroatoms. The molecule has 0 aliphatic rings. The summed E-state index contributed by atoms with van der Waals surface area (Å²) in [5, 5.41) is 4.34. The Hall–Kier alpha value is -1.12. The summed E-state index contributed by atoms with van der Waals surface area (Å²) >= 11 is 0. The molecule has 1 heterocycles. The predicted octanol–water partition coefficient (Wildman–Crippen LogP) is 2.76. The molecule has 0 N–H and O–H groups in total. The molecule has 16 heavy (non-hydrogen) atoms. The molecular weight excluding hydrogens is 200 g/mol. The number of rotatable bonds is 4. The maximum Gasteiger partial charge on any atom is 0.139 e. The maximum absolute atomic E-state index is 11.9. The zero-order valence-corrected chi connectivity index (χ0v) is 11.0. The molecule has 0 bridgehead atoms. The van der Waals surface area contributed by atoms with Crippen molar-refractivity contribution in [2.24, 2.45) is 5.41 Å². The average Bonchev–Trinajstić information content (AvgIpc) is 2.42. The lowest BCUT2D eigenvalue weighted by Crippen LogP contribution is -2.16. The highest BCUT2D eigenvalue weighted by Gasteiger charge is 2.17. The number of carbonyl (C=O) groups excluding carboxylic acids is 1. The zero-order valence-electron chi connectivity index (χ0n) is 11.0. The molecule has 90 valence electrons. The Balaban J connectivity index is 2.69. The van der Waals surface area contributed by atoms with Crippen LogP contribution in [0.1, 0.15) is 45.5 Å². The van der Waals surface area contributed by atoms with E-state index in [9.17, 15) is 4.79 Å². The van der Waals surface area contributed by atoms with Crippen molar-refractivity contribution in [3.63, 3.8) is 0 Å². The molecule has 1 aromatic rings. The largest absolute Gasteiger partial charge is 0.299 e. The normalized spacial score (nSPS) is 11.8. The standard InChI is InChI=1S/C13H22N2O/c1-6-15-11(7-10(2)14-15)8-12(16)9-13(3,4)5/h7H,6,8-9H2,1-5H3. The van der Waals surface area contributed by atoms with Crippen molar-refractivity contribution in [2.45, 2.75) is 54.0 Å². The first kappa shape index (κ1) is 12.9. The van der Waals surface area contributed by atoms with Gasteiger partial charge >= 0.3 is 0 Å². The molecule has 1 aromatic heterocycles. The van der Waals surface area contributed by atoms with Crippen LogP contribution in [0.2, 0.25) is 0 Å².